The van der Waals surface area contributed by atoms with Crippen molar-refractivity contribution < 1.29 is 9.53 Å². The van der Waals surface area contributed by atoms with Gasteiger partial charge in [-0.05, 0) is 39.4 Å². The molecule has 0 N–H and O–H groups in total. The summed E-state index contributed by atoms with van der Waals surface area (Å²) in [4.78, 5) is 18.8. The molecule has 2 aromatic rings. The van der Waals surface area contributed by atoms with E-state index in [2.05, 4.69) is 21.5 Å². The number of rotatable bonds is 3. The fourth-order valence-electron chi connectivity index (χ4n) is 2.98. The number of likely N-dealkylation sites (N-methyl/N-ethyl adjacent to an activating group) is 1. The number of fused-ring (bicyclic) bond motifs is 3. The third kappa shape index (κ3) is 2.65. The highest BCUT2D eigenvalue weighted by atomic mass is 16.5. The zero-order valence-electron chi connectivity index (χ0n) is 12.8. The number of hydrogen-bond acceptors (Lipinski definition) is 4. The van der Waals surface area contributed by atoms with Crippen molar-refractivity contribution in [2.45, 2.75) is 39.5 Å². The van der Waals surface area contributed by atoms with Gasteiger partial charge in [0.05, 0.1) is 17.1 Å². The van der Waals surface area contributed by atoms with E-state index in [1.165, 1.54) is 11.3 Å². The molecule has 1 aliphatic heterocycles. The molecule has 0 atom stereocenters. The zero-order chi connectivity index (χ0) is 15.0. The summed E-state index contributed by atoms with van der Waals surface area (Å²) in [6, 6.07) is 3.95. The van der Waals surface area contributed by atoms with Crippen molar-refractivity contribution >= 4 is 17.0 Å². The average Bonchev–Trinajstić information content (AvgIpc) is 2.72. The van der Waals surface area contributed by atoms with Crippen molar-refractivity contribution in [2.24, 2.45) is 0 Å². The highest BCUT2D eigenvalue weighted by Crippen LogP contribution is 2.29. The molecule has 21 heavy (non-hydrogen) atoms. The summed E-state index contributed by atoms with van der Waals surface area (Å²) in [5, 5.41) is 0. The van der Waals surface area contributed by atoms with Crippen LogP contribution in [0.1, 0.15) is 25.1 Å². The molecular weight excluding hydrogens is 266 g/mol. The Balaban J connectivity index is 2.04. The molecule has 0 aromatic carbocycles. The van der Waals surface area contributed by atoms with Crippen LogP contribution < -0.4 is 0 Å². The summed E-state index contributed by atoms with van der Waals surface area (Å²) in [7, 11) is 2.10. The van der Waals surface area contributed by atoms with Gasteiger partial charge in [0.25, 0.3) is 0 Å². The molecule has 0 unspecified atom stereocenters. The second-order valence-electron chi connectivity index (χ2n) is 5.91. The largest absolute Gasteiger partial charge is 0.462 e. The van der Waals surface area contributed by atoms with Crippen molar-refractivity contribution in [3.63, 3.8) is 0 Å². The van der Waals surface area contributed by atoms with Crippen molar-refractivity contribution in [1.29, 1.82) is 0 Å². The minimum atomic E-state index is -0.193. The van der Waals surface area contributed by atoms with Crippen LogP contribution in [0.3, 0.4) is 0 Å². The number of esters is 1. The second kappa shape index (κ2) is 5.48. The average molecular weight is 287 g/mol. The maximum atomic E-state index is 12.1. The van der Waals surface area contributed by atoms with Crippen LogP contribution in [-0.4, -0.2) is 40.1 Å². The lowest BCUT2D eigenvalue weighted by Gasteiger charge is -2.24. The first kappa shape index (κ1) is 14.1. The lowest BCUT2D eigenvalue weighted by molar-refractivity contribution is -0.148. The van der Waals surface area contributed by atoms with Gasteiger partial charge in [0, 0.05) is 30.5 Å². The summed E-state index contributed by atoms with van der Waals surface area (Å²) in [5.41, 5.74) is 4.52. The summed E-state index contributed by atoms with van der Waals surface area (Å²) in [5.74, 6) is -0.193. The Hall–Kier alpha value is -1.88. The molecule has 0 radical (unpaired) electrons. The van der Waals surface area contributed by atoms with Crippen LogP contribution in [-0.2, 0) is 29.0 Å². The number of carbonyl (C=O) groups excluding carboxylic acids is 1. The van der Waals surface area contributed by atoms with Gasteiger partial charge in [0.15, 0.2) is 0 Å². The highest BCUT2D eigenvalue weighted by Gasteiger charge is 2.24. The molecule has 0 aliphatic carbocycles. The molecule has 0 spiro atoms. The molecule has 0 amide bonds. The summed E-state index contributed by atoms with van der Waals surface area (Å²) >= 11 is 0. The van der Waals surface area contributed by atoms with Gasteiger partial charge in [-0.3, -0.25) is 9.78 Å². The predicted molar refractivity (Wildman–Crippen MR) is 81.0 cm³/mol. The van der Waals surface area contributed by atoms with Gasteiger partial charge >= 0.3 is 5.97 Å². The van der Waals surface area contributed by atoms with Crippen LogP contribution >= 0.6 is 0 Å². The van der Waals surface area contributed by atoms with Gasteiger partial charge in [0.1, 0.15) is 6.54 Å². The summed E-state index contributed by atoms with van der Waals surface area (Å²) < 4.78 is 7.36. The molecule has 0 fully saturated rings. The molecule has 0 bridgehead atoms. The Bertz CT molecular complexity index is 675. The Morgan fingerprint density at radius 2 is 2.29 bits per heavy atom. The van der Waals surface area contributed by atoms with E-state index >= 15 is 0 Å². The lowest BCUT2D eigenvalue weighted by Crippen LogP contribution is -2.29. The van der Waals surface area contributed by atoms with E-state index in [1.54, 1.807) is 0 Å². The molecule has 112 valence electrons. The molecular formula is C16H21N3O2. The number of pyridine rings is 1. The van der Waals surface area contributed by atoms with E-state index in [4.69, 9.17) is 4.74 Å². The predicted octanol–water partition coefficient (Wildman–Crippen LogP) is 1.98. The minimum Gasteiger partial charge on any atom is -0.462 e. The minimum absolute atomic E-state index is 0.0871. The normalized spacial score (nSPS) is 15.4. The van der Waals surface area contributed by atoms with E-state index < -0.39 is 0 Å². The Kier molecular flexibility index (Phi) is 3.68. The maximum absolute atomic E-state index is 12.1. The van der Waals surface area contributed by atoms with Crippen LogP contribution in [0, 0.1) is 0 Å². The zero-order valence-corrected chi connectivity index (χ0v) is 12.8. The van der Waals surface area contributed by atoms with E-state index in [0.29, 0.717) is 0 Å². The number of aromatic nitrogens is 2. The molecule has 5 heteroatoms. The number of hydrogen-bond donors (Lipinski definition) is 0. The molecule has 3 heterocycles. The third-order valence-electron chi connectivity index (χ3n) is 3.85. The van der Waals surface area contributed by atoms with Crippen LogP contribution in [0.2, 0.25) is 0 Å². The third-order valence-corrected chi connectivity index (χ3v) is 3.85. The van der Waals surface area contributed by atoms with Gasteiger partial charge < -0.3 is 14.2 Å². The highest BCUT2D eigenvalue weighted by molar-refractivity contribution is 5.83. The van der Waals surface area contributed by atoms with E-state index in [0.717, 1.165) is 30.5 Å². The van der Waals surface area contributed by atoms with Gasteiger partial charge in [-0.15, -0.1) is 0 Å². The van der Waals surface area contributed by atoms with Crippen LogP contribution in [0.5, 0.6) is 0 Å². The van der Waals surface area contributed by atoms with Gasteiger partial charge in [-0.25, -0.2) is 0 Å². The first-order valence-corrected chi connectivity index (χ1v) is 7.39. The first-order chi connectivity index (χ1) is 10.1. The van der Waals surface area contributed by atoms with Gasteiger partial charge in [-0.1, -0.05) is 0 Å². The SMILES string of the molecule is CC(C)OC(=O)Cn1c2c(c3ncccc31)CCN(C)C2. The Morgan fingerprint density at radius 1 is 1.48 bits per heavy atom. The topological polar surface area (TPSA) is 47.4 Å². The Morgan fingerprint density at radius 3 is 3.05 bits per heavy atom. The summed E-state index contributed by atoms with van der Waals surface area (Å²) in [6.07, 6.45) is 2.71. The van der Waals surface area contributed by atoms with E-state index in [-0.39, 0.29) is 18.6 Å². The van der Waals surface area contributed by atoms with Crippen LogP contribution in [0.25, 0.3) is 11.0 Å². The molecule has 0 saturated carbocycles. The number of nitrogens with zero attached hydrogens (tertiary/aromatic N) is 3. The van der Waals surface area contributed by atoms with Gasteiger partial charge in [-0.2, -0.15) is 0 Å². The van der Waals surface area contributed by atoms with Crippen molar-refractivity contribution in [1.82, 2.24) is 14.5 Å². The Labute approximate surface area is 124 Å². The maximum Gasteiger partial charge on any atom is 0.326 e. The molecule has 2 aromatic heterocycles. The monoisotopic (exact) mass is 287 g/mol. The van der Waals surface area contributed by atoms with Crippen molar-refractivity contribution in [2.75, 3.05) is 13.6 Å². The van der Waals surface area contributed by atoms with E-state index in [1.807, 2.05) is 32.2 Å². The molecule has 5 nitrogen and oxygen atoms in total. The number of ether oxygens (including phenoxy) is 1. The fraction of sp³-hybridized carbons (Fsp3) is 0.500. The molecule has 0 saturated heterocycles. The molecule has 1 aliphatic rings. The fourth-order valence-corrected chi connectivity index (χ4v) is 2.98. The summed E-state index contributed by atoms with van der Waals surface area (Å²) in [6.45, 7) is 5.87. The smallest absolute Gasteiger partial charge is 0.326 e. The van der Waals surface area contributed by atoms with Crippen LogP contribution in [0.4, 0.5) is 0 Å². The van der Waals surface area contributed by atoms with Crippen LogP contribution in [0.15, 0.2) is 18.3 Å². The quantitative estimate of drug-likeness (QED) is 0.810. The second-order valence-corrected chi connectivity index (χ2v) is 5.91. The number of carbonyl (C=O) groups is 1. The lowest BCUT2D eigenvalue weighted by atomic mass is 10.1. The van der Waals surface area contributed by atoms with Crippen molar-refractivity contribution in [3.05, 3.63) is 29.6 Å². The van der Waals surface area contributed by atoms with Gasteiger partial charge in [0.2, 0.25) is 0 Å². The van der Waals surface area contributed by atoms with Crippen molar-refractivity contribution in [3.8, 4) is 0 Å². The standard InChI is InChI=1S/C16H21N3O2/c1-11(2)21-15(20)10-19-13-5-4-7-17-16(13)12-6-8-18(3)9-14(12)19/h4-5,7,11H,6,8-10H2,1-3H3. The molecule has 3 rings (SSSR count). The van der Waals surface area contributed by atoms with E-state index in [9.17, 15) is 4.79 Å². The first-order valence-electron chi connectivity index (χ1n) is 7.39.